The lowest BCUT2D eigenvalue weighted by Gasteiger charge is -2.09. The van der Waals surface area contributed by atoms with Crippen LogP contribution in [0.4, 0.5) is 5.00 Å². The number of hydrogen-bond acceptors (Lipinski definition) is 4. The van der Waals surface area contributed by atoms with E-state index in [2.05, 4.69) is 5.38 Å². The first-order valence-corrected chi connectivity index (χ1v) is 6.11. The molecule has 0 radical (unpaired) electrons. The van der Waals surface area contributed by atoms with Crippen LogP contribution >= 0.6 is 11.3 Å². The summed E-state index contributed by atoms with van der Waals surface area (Å²) in [6, 6.07) is 5.88. The van der Waals surface area contributed by atoms with Crippen LogP contribution in [0, 0.1) is 6.92 Å². The van der Waals surface area contributed by atoms with Crippen molar-refractivity contribution in [2.24, 2.45) is 0 Å². The van der Waals surface area contributed by atoms with Gasteiger partial charge in [-0.3, -0.25) is 0 Å². The molecular formula is C13H15NO2S. The minimum atomic E-state index is 0.731. The lowest BCUT2D eigenvalue weighted by atomic mass is 10.0. The molecule has 1 heterocycles. The Morgan fingerprint density at radius 3 is 2.35 bits per heavy atom. The SMILES string of the molecule is COc1ccc(-c2csc(N)c2C)cc1OC. The van der Waals surface area contributed by atoms with Gasteiger partial charge in [-0.25, -0.2) is 0 Å². The van der Waals surface area contributed by atoms with Crippen LogP contribution in [0.15, 0.2) is 23.6 Å². The standard InChI is InChI=1S/C13H15NO2S/c1-8-10(7-17-13(8)14)9-4-5-11(15-2)12(6-9)16-3/h4-7H,14H2,1-3H3. The first kappa shape index (κ1) is 11.8. The van der Waals surface area contributed by atoms with Crippen LogP contribution in [-0.2, 0) is 0 Å². The van der Waals surface area contributed by atoms with Gasteiger partial charge < -0.3 is 15.2 Å². The maximum absolute atomic E-state index is 5.87. The predicted molar refractivity (Wildman–Crippen MR) is 72.0 cm³/mol. The maximum atomic E-state index is 5.87. The molecule has 1 aromatic heterocycles. The molecule has 0 unspecified atom stereocenters. The number of methoxy groups -OCH3 is 2. The van der Waals surface area contributed by atoms with E-state index in [0.717, 1.165) is 33.2 Å². The van der Waals surface area contributed by atoms with Crippen LogP contribution in [0.1, 0.15) is 5.56 Å². The molecule has 4 heteroatoms. The third-order valence-corrected chi connectivity index (χ3v) is 3.69. The number of benzene rings is 1. The van der Waals surface area contributed by atoms with E-state index in [-0.39, 0.29) is 0 Å². The van der Waals surface area contributed by atoms with Crippen molar-refractivity contribution in [2.75, 3.05) is 20.0 Å². The molecule has 0 aliphatic rings. The van der Waals surface area contributed by atoms with Crippen molar-refractivity contribution >= 4 is 16.3 Å². The quantitative estimate of drug-likeness (QED) is 0.907. The van der Waals surface area contributed by atoms with Gasteiger partial charge in [-0.1, -0.05) is 6.07 Å². The summed E-state index contributed by atoms with van der Waals surface area (Å²) in [7, 11) is 3.27. The fourth-order valence-electron chi connectivity index (χ4n) is 1.72. The lowest BCUT2D eigenvalue weighted by molar-refractivity contribution is 0.355. The van der Waals surface area contributed by atoms with Gasteiger partial charge >= 0.3 is 0 Å². The van der Waals surface area contributed by atoms with E-state index < -0.39 is 0 Å². The van der Waals surface area contributed by atoms with Crippen LogP contribution in [0.25, 0.3) is 11.1 Å². The Hall–Kier alpha value is -1.68. The van der Waals surface area contributed by atoms with Crippen molar-refractivity contribution in [1.82, 2.24) is 0 Å². The van der Waals surface area contributed by atoms with E-state index in [4.69, 9.17) is 15.2 Å². The average Bonchev–Trinajstić information content (AvgIpc) is 2.69. The minimum absolute atomic E-state index is 0.731. The number of nitrogen functional groups attached to an aromatic ring is 1. The van der Waals surface area contributed by atoms with Crippen molar-refractivity contribution in [3.05, 3.63) is 29.1 Å². The summed E-state index contributed by atoms with van der Waals surface area (Å²) in [6.45, 7) is 2.03. The Labute approximate surface area is 105 Å². The zero-order chi connectivity index (χ0) is 12.4. The van der Waals surface area contributed by atoms with Gasteiger partial charge in [-0.2, -0.15) is 0 Å². The summed E-state index contributed by atoms with van der Waals surface area (Å²) in [6.07, 6.45) is 0. The smallest absolute Gasteiger partial charge is 0.161 e. The third-order valence-electron chi connectivity index (χ3n) is 2.77. The van der Waals surface area contributed by atoms with Crippen molar-refractivity contribution in [1.29, 1.82) is 0 Å². The monoisotopic (exact) mass is 249 g/mol. The van der Waals surface area contributed by atoms with Crippen molar-refractivity contribution in [2.45, 2.75) is 6.92 Å². The highest BCUT2D eigenvalue weighted by Crippen LogP contribution is 2.37. The number of hydrogen-bond donors (Lipinski definition) is 1. The highest BCUT2D eigenvalue weighted by Gasteiger charge is 2.10. The van der Waals surface area contributed by atoms with E-state index >= 15 is 0 Å². The molecule has 0 aliphatic heterocycles. The molecule has 0 bridgehead atoms. The second-order valence-electron chi connectivity index (χ2n) is 3.71. The van der Waals surface area contributed by atoms with E-state index in [1.165, 1.54) is 0 Å². The molecule has 0 aliphatic carbocycles. The maximum Gasteiger partial charge on any atom is 0.161 e. The summed E-state index contributed by atoms with van der Waals surface area (Å²) in [5.74, 6) is 1.46. The van der Waals surface area contributed by atoms with Gasteiger partial charge in [-0.05, 0) is 35.7 Å². The molecule has 2 rings (SSSR count). The Bertz CT molecular complexity index is 534. The van der Waals surface area contributed by atoms with Crippen LogP contribution < -0.4 is 15.2 Å². The first-order chi connectivity index (χ1) is 8.17. The molecule has 3 nitrogen and oxygen atoms in total. The van der Waals surface area contributed by atoms with Crippen LogP contribution in [0.5, 0.6) is 11.5 Å². The van der Waals surface area contributed by atoms with Gasteiger partial charge in [0.25, 0.3) is 0 Å². The second-order valence-corrected chi connectivity index (χ2v) is 4.62. The van der Waals surface area contributed by atoms with Crippen LogP contribution in [0.3, 0.4) is 0 Å². The molecule has 0 spiro atoms. The molecule has 90 valence electrons. The topological polar surface area (TPSA) is 44.5 Å². The average molecular weight is 249 g/mol. The predicted octanol–water partition coefficient (Wildman–Crippen LogP) is 3.32. The van der Waals surface area contributed by atoms with Crippen LogP contribution in [-0.4, -0.2) is 14.2 Å². The van der Waals surface area contributed by atoms with Crippen molar-refractivity contribution in [3.63, 3.8) is 0 Å². The number of nitrogens with two attached hydrogens (primary N) is 1. The number of rotatable bonds is 3. The zero-order valence-corrected chi connectivity index (χ0v) is 10.9. The highest BCUT2D eigenvalue weighted by atomic mass is 32.1. The van der Waals surface area contributed by atoms with Crippen molar-refractivity contribution < 1.29 is 9.47 Å². The minimum Gasteiger partial charge on any atom is -0.493 e. The molecular weight excluding hydrogens is 234 g/mol. The van der Waals surface area contributed by atoms with Gasteiger partial charge in [0.1, 0.15) is 0 Å². The van der Waals surface area contributed by atoms with Gasteiger partial charge in [0.15, 0.2) is 11.5 Å². The van der Waals surface area contributed by atoms with E-state index in [1.54, 1.807) is 25.6 Å². The molecule has 17 heavy (non-hydrogen) atoms. The third kappa shape index (κ3) is 2.08. The van der Waals surface area contributed by atoms with Gasteiger partial charge in [0.2, 0.25) is 0 Å². The normalized spacial score (nSPS) is 10.3. The molecule has 2 N–H and O–H groups in total. The number of anilines is 1. The Kier molecular flexibility index (Phi) is 3.24. The largest absolute Gasteiger partial charge is 0.493 e. The molecule has 0 saturated carbocycles. The Morgan fingerprint density at radius 2 is 1.82 bits per heavy atom. The van der Waals surface area contributed by atoms with E-state index in [0.29, 0.717) is 0 Å². The first-order valence-electron chi connectivity index (χ1n) is 5.23. The summed E-state index contributed by atoms with van der Waals surface area (Å²) in [4.78, 5) is 0. The number of thiophene rings is 1. The summed E-state index contributed by atoms with van der Waals surface area (Å²) >= 11 is 1.55. The fourth-order valence-corrected chi connectivity index (χ4v) is 2.56. The molecule has 0 amide bonds. The molecule has 0 fully saturated rings. The fraction of sp³-hybridized carbons (Fsp3) is 0.231. The van der Waals surface area contributed by atoms with Crippen molar-refractivity contribution in [3.8, 4) is 22.6 Å². The summed E-state index contributed by atoms with van der Waals surface area (Å²) in [5.41, 5.74) is 9.22. The Morgan fingerprint density at radius 1 is 1.12 bits per heavy atom. The van der Waals surface area contributed by atoms with Gasteiger partial charge in [-0.15, -0.1) is 11.3 Å². The lowest BCUT2D eigenvalue weighted by Crippen LogP contribution is -1.91. The van der Waals surface area contributed by atoms with Crippen LogP contribution in [0.2, 0.25) is 0 Å². The molecule has 1 aromatic carbocycles. The molecule has 0 saturated heterocycles. The highest BCUT2D eigenvalue weighted by molar-refractivity contribution is 7.14. The summed E-state index contributed by atoms with van der Waals surface area (Å²) < 4.78 is 10.5. The molecule has 0 atom stereocenters. The van der Waals surface area contributed by atoms with Gasteiger partial charge in [0.05, 0.1) is 19.2 Å². The Balaban J connectivity index is 2.50. The van der Waals surface area contributed by atoms with E-state index in [9.17, 15) is 0 Å². The summed E-state index contributed by atoms with van der Waals surface area (Å²) in [5, 5.41) is 2.92. The van der Waals surface area contributed by atoms with Gasteiger partial charge in [0, 0.05) is 5.38 Å². The molecule has 2 aromatic rings. The van der Waals surface area contributed by atoms with E-state index in [1.807, 2.05) is 25.1 Å². The zero-order valence-electron chi connectivity index (χ0n) is 10.1. The second kappa shape index (κ2) is 4.67. The number of ether oxygens (including phenoxy) is 2.